The van der Waals surface area contributed by atoms with Crippen molar-refractivity contribution >= 4 is 37.5 Å². The van der Waals surface area contributed by atoms with E-state index in [9.17, 15) is 4.79 Å². The summed E-state index contributed by atoms with van der Waals surface area (Å²) in [6.07, 6.45) is 10.7. The van der Waals surface area contributed by atoms with Crippen LogP contribution in [0.3, 0.4) is 0 Å². The van der Waals surface area contributed by atoms with Crippen molar-refractivity contribution in [1.82, 2.24) is 9.55 Å². The molecule has 5 rings (SSSR count). The van der Waals surface area contributed by atoms with Crippen LogP contribution in [-0.2, 0) is 12.4 Å². The third kappa shape index (κ3) is 2.01. The fourth-order valence-electron chi connectivity index (χ4n) is 4.20. The molecule has 3 saturated carbocycles. The zero-order chi connectivity index (χ0) is 18.9. The van der Waals surface area contributed by atoms with Crippen molar-refractivity contribution in [3.63, 3.8) is 0 Å². The predicted molar refractivity (Wildman–Crippen MR) is 97.9 cm³/mol. The van der Waals surface area contributed by atoms with Crippen molar-refractivity contribution < 1.29 is 4.11 Å². The minimum atomic E-state index is -2.55. The maximum atomic E-state index is 13.1. The monoisotopic (exact) mass is 393 g/mol. The first-order valence-corrected chi connectivity index (χ1v) is 9.44. The van der Waals surface area contributed by atoms with Crippen LogP contribution >= 0.6 is 27.3 Å². The zero-order valence-electron chi connectivity index (χ0n) is 15.9. The molecule has 0 saturated heterocycles. The van der Waals surface area contributed by atoms with Gasteiger partial charge in [-0.25, -0.2) is 4.98 Å². The van der Waals surface area contributed by atoms with Crippen LogP contribution in [0.5, 0.6) is 0 Å². The maximum absolute atomic E-state index is 13.1. The van der Waals surface area contributed by atoms with E-state index in [4.69, 9.17) is 15.5 Å². The summed E-state index contributed by atoms with van der Waals surface area (Å²) in [5, 5.41) is 0. The summed E-state index contributed by atoms with van der Waals surface area (Å²) in [6.45, 7) is -0.652. The quantitative estimate of drug-likeness (QED) is 0.677. The lowest BCUT2D eigenvalue weighted by atomic mass is 9.53. The van der Waals surface area contributed by atoms with Crippen LogP contribution in [0.25, 0.3) is 10.2 Å². The van der Waals surface area contributed by atoms with Gasteiger partial charge in [0.05, 0.1) is 4.47 Å². The van der Waals surface area contributed by atoms with Crippen LogP contribution in [0.1, 0.15) is 53.3 Å². The first-order chi connectivity index (χ1) is 12.1. The highest BCUT2D eigenvalue weighted by Crippen LogP contribution is 2.57. The smallest absolute Gasteiger partial charge is 0.271 e. The van der Waals surface area contributed by atoms with Crippen LogP contribution in [0.15, 0.2) is 9.27 Å². The van der Waals surface area contributed by atoms with E-state index in [0.29, 0.717) is 16.0 Å². The molecule has 0 N–H and O–H groups in total. The Labute approximate surface area is 152 Å². The van der Waals surface area contributed by atoms with E-state index in [0.717, 1.165) is 52.4 Å². The molecule has 2 bridgehead atoms. The van der Waals surface area contributed by atoms with Gasteiger partial charge in [0.1, 0.15) is 16.0 Å². The molecular formula is C18H19BrN2OS. The lowest BCUT2D eigenvalue weighted by Crippen LogP contribution is -2.46. The van der Waals surface area contributed by atoms with E-state index in [-0.39, 0.29) is 10.8 Å². The number of fused-ring (bicyclic) bond motifs is 4. The number of hydrogen-bond acceptors (Lipinski definition) is 3. The average Bonchev–Trinajstić information content (AvgIpc) is 2.91. The number of thiophene rings is 1. The summed E-state index contributed by atoms with van der Waals surface area (Å²) < 4.78 is 26.1. The first-order valence-electron chi connectivity index (χ1n) is 9.33. The number of halogens is 1. The number of aryl methyl sites for hydroxylation is 1. The van der Waals surface area contributed by atoms with Crippen molar-refractivity contribution in [2.45, 2.75) is 50.9 Å². The molecule has 3 aliphatic carbocycles. The summed E-state index contributed by atoms with van der Waals surface area (Å²) >= 11 is 4.81. The Balaban J connectivity index is 2.00. The van der Waals surface area contributed by atoms with Crippen molar-refractivity contribution in [1.29, 1.82) is 0 Å². The van der Waals surface area contributed by atoms with Gasteiger partial charge in [0.15, 0.2) is 0 Å². The van der Waals surface area contributed by atoms with Crippen molar-refractivity contribution in [2.24, 2.45) is 12.4 Å². The molecule has 0 atom stereocenters. The van der Waals surface area contributed by atoms with E-state index in [2.05, 4.69) is 21.9 Å². The van der Waals surface area contributed by atoms with Gasteiger partial charge in [-0.2, -0.15) is 0 Å². The Hall–Kier alpha value is -1.12. The molecule has 0 aromatic carbocycles. The summed E-state index contributed by atoms with van der Waals surface area (Å²) in [5.41, 5.74) is -0.314. The standard InChI is InChI=1S/C18H19BrN2OS/c1-4-17-5-8-18(9-6-17,10-7-17)16-20-13-12(19)11(2)23-14(13)15(22)21(16)3/h1H,5-10H2,2-3H3/i3D3. The molecule has 0 spiro atoms. The molecule has 0 radical (unpaired) electrons. The van der Waals surface area contributed by atoms with Gasteiger partial charge in [-0.1, -0.05) is 5.92 Å². The number of hydrogen-bond donors (Lipinski definition) is 0. The Kier molecular flexibility index (Phi) is 2.63. The molecule has 3 nitrogen and oxygen atoms in total. The van der Waals surface area contributed by atoms with Crippen LogP contribution in [0.2, 0.25) is 0 Å². The van der Waals surface area contributed by atoms with E-state index in [1.54, 1.807) is 0 Å². The summed E-state index contributed by atoms with van der Waals surface area (Å²) in [5.74, 6) is 3.38. The van der Waals surface area contributed by atoms with E-state index in [1.807, 2.05) is 6.92 Å². The number of nitrogens with zero attached hydrogens (tertiary/aromatic N) is 2. The highest BCUT2D eigenvalue weighted by atomic mass is 79.9. The SMILES string of the molecule is [2H]C([2H])([2H])n1c(C23CCC(C#C)(CC2)CC3)nc2c(Br)c(C)sc2c1=O. The Morgan fingerprint density at radius 1 is 1.35 bits per heavy atom. The van der Waals surface area contributed by atoms with Crippen molar-refractivity contribution in [3.8, 4) is 12.3 Å². The molecular weight excluding hydrogens is 372 g/mol. The maximum Gasteiger partial charge on any atom is 0.271 e. The molecule has 0 aliphatic heterocycles. The summed E-state index contributed by atoms with van der Waals surface area (Å²) in [4.78, 5) is 18.8. The molecule has 23 heavy (non-hydrogen) atoms. The van der Waals surface area contributed by atoms with Crippen molar-refractivity contribution in [3.05, 3.63) is 25.5 Å². The lowest BCUT2D eigenvalue weighted by molar-refractivity contribution is 0.0781. The Morgan fingerprint density at radius 3 is 2.57 bits per heavy atom. The minimum absolute atomic E-state index is 0.0590. The molecule has 2 aromatic rings. The van der Waals surface area contributed by atoms with Gasteiger partial charge in [0.25, 0.3) is 5.56 Å². The Bertz CT molecular complexity index is 990. The highest BCUT2D eigenvalue weighted by molar-refractivity contribution is 9.10. The van der Waals surface area contributed by atoms with Crippen LogP contribution in [-0.4, -0.2) is 9.55 Å². The van der Waals surface area contributed by atoms with E-state index < -0.39 is 12.5 Å². The number of terminal acetylenes is 1. The van der Waals surface area contributed by atoms with Crippen LogP contribution in [0, 0.1) is 24.7 Å². The predicted octanol–water partition coefficient (Wildman–Crippen LogP) is 4.29. The zero-order valence-corrected chi connectivity index (χ0v) is 15.3. The van der Waals surface area contributed by atoms with E-state index >= 15 is 0 Å². The molecule has 3 aliphatic rings. The van der Waals surface area contributed by atoms with Crippen LogP contribution in [0.4, 0.5) is 0 Å². The summed E-state index contributed by atoms with van der Waals surface area (Å²) in [6, 6.07) is 0. The van der Waals surface area contributed by atoms with E-state index in [1.165, 1.54) is 11.3 Å². The van der Waals surface area contributed by atoms with Gasteiger partial charge in [0, 0.05) is 26.8 Å². The van der Waals surface area contributed by atoms with Gasteiger partial charge >= 0.3 is 0 Å². The summed E-state index contributed by atoms with van der Waals surface area (Å²) in [7, 11) is 0. The fourth-order valence-corrected chi connectivity index (χ4v) is 5.78. The molecule has 2 aromatic heterocycles. The molecule has 0 unspecified atom stereocenters. The second-order valence-corrected chi connectivity index (χ2v) is 8.95. The average molecular weight is 394 g/mol. The normalized spacial score (nSPS) is 32.3. The van der Waals surface area contributed by atoms with Gasteiger partial charge in [-0.05, 0) is 61.4 Å². The third-order valence-electron chi connectivity index (χ3n) is 5.84. The van der Waals surface area contributed by atoms with Crippen molar-refractivity contribution in [2.75, 3.05) is 0 Å². The highest BCUT2D eigenvalue weighted by Gasteiger charge is 2.50. The van der Waals surface area contributed by atoms with Gasteiger partial charge in [0.2, 0.25) is 0 Å². The molecule has 0 amide bonds. The largest absolute Gasteiger partial charge is 0.298 e. The minimum Gasteiger partial charge on any atom is -0.298 e. The van der Waals surface area contributed by atoms with Crippen LogP contribution < -0.4 is 5.56 Å². The molecule has 3 fully saturated rings. The van der Waals surface area contributed by atoms with Gasteiger partial charge in [-0.15, -0.1) is 17.8 Å². The third-order valence-corrected chi connectivity index (χ3v) is 8.16. The number of rotatable bonds is 1. The topological polar surface area (TPSA) is 34.9 Å². The second-order valence-electron chi connectivity index (χ2n) is 6.93. The van der Waals surface area contributed by atoms with Gasteiger partial charge < -0.3 is 0 Å². The molecule has 120 valence electrons. The lowest BCUT2D eigenvalue weighted by Gasteiger charge is -2.51. The fraction of sp³-hybridized carbons (Fsp3) is 0.556. The molecule has 5 heteroatoms. The Morgan fingerprint density at radius 2 is 2.00 bits per heavy atom. The number of aromatic nitrogens is 2. The second kappa shape index (κ2) is 4.94. The molecule has 2 heterocycles. The first kappa shape index (κ1) is 12.3. The van der Waals surface area contributed by atoms with Gasteiger partial charge in [-0.3, -0.25) is 9.36 Å².